The molecule has 4 N–H and O–H groups in total. The highest BCUT2D eigenvalue weighted by Crippen LogP contribution is 2.43. The molecule has 0 bridgehead atoms. The van der Waals surface area contributed by atoms with Crippen LogP contribution >= 0.6 is 7.82 Å². The minimum atomic E-state index is -4.41. The van der Waals surface area contributed by atoms with E-state index < -0.39 is 38.6 Å². The Balaban J connectivity index is 4.20. The zero-order valence-electron chi connectivity index (χ0n) is 38.3. The van der Waals surface area contributed by atoms with Gasteiger partial charge in [0.15, 0.2) is 6.10 Å². The summed E-state index contributed by atoms with van der Waals surface area (Å²) >= 11 is 0. The Morgan fingerprint density at radius 1 is 0.583 bits per heavy atom. The fraction of sp³-hybridized carbons (Fsp3) is 0.796. The van der Waals surface area contributed by atoms with Crippen molar-refractivity contribution in [3.63, 3.8) is 0 Å². The molecule has 0 aromatic rings. The molecular weight excluding hydrogens is 778 g/mol. The van der Waals surface area contributed by atoms with Crippen molar-refractivity contribution in [1.82, 2.24) is 0 Å². The number of esters is 2. The Bertz CT molecular complexity index is 1140. The average Bonchev–Trinajstić information content (AvgIpc) is 3.23. The first-order valence-corrected chi connectivity index (χ1v) is 25.7. The number of hydrogen-bond acceptors (Lipinski definition) is 9. The SMILES string of the molecule is CCCCC/C=C\C/C=C\CC(O)/C=C\C=C\CCCC(=O)OC[C@H](COP(=O)(O)OCCN)OC(=O)CCCCCCCCCCCCCCCCCCCCCCC. The maximum atomic E-state index is 12.6. The minimum absolute atomic E-state index is 0.0338. The molecule has 0 aromatic carbocycles. The molecule has 0 saturated carbocycles. The van der Waals surface area contributed by atoms with E-state index in [1.807, 2.05) is 18.2 Å². The summed E-state index contributed by atoms with van der Waals surface area (Å²) in [5, 5.41) is 10.1. The van der Waals surface area contributed by atoms with Crippen LogP contribution in [-0.2, 0) is 32.7 Å². The van der Waals surface area contributed by atoms with Gasteiger partial charge in [0.05, 0.1) is 19.3 Å². The van der Waals surface area contributed by atoms with Gasteiger partial charge in [0.2, 0.25) is 0 Å². The Morgan fingerprint density at radius 2 is 1.08 bits per heavy atom. The van der Waals surface area contributed by atoms with E-state index in [1.165, 1.54) is 128 Å². The fourth-order valence-electron chi connectivity index (χ4n) is 6.65. The van der Waals surface area contributed by atoms with Crippen molar-refractivity contribution in [2.45, 2.75) is 225 Å². The first-order chi connectivity index (χ1) is 29.2. The van der Waals surface area contributed by atoms with Crippen LogP contribution in [0.5, 0.6) is 0 Å². The molecular formula is C49H90NO9P. The predicted octanol–water partition coefficient (Wildman–Crippen LogP) is 13.3. The van der Waals surface area contributed by atoms with Crippen molar-refractivity contribution in [2.24, 2.45) is 5.73 Å². The van der Waals surface area contributed by atoms with Crippen LogP contribution in [0.4, 0.5) is 0 Å². The summed E-state index contributed by atoms with van der Waals surface area (Å²) in [5.41, 5.74) is 5.35. The van der Waals surface area contributed by atoms with E-state index in [4.69, 9.17) is 24.3 Å². The van der Waals surface area contributed by atoms with Crippen molar-refractivity contribution < 1.29 is 42.7 Å². The molecule has 0 radical (unpaired) electrons. The molecule has 0 aliphatic carbocycles. The smallest absolute Gasteiger partial charge is 0.462 e. The van der Waals surface area contributed by atoms with Gasteiger partial charge < -0.3 is 25.2 Å². The van der Waals surface area contributed by atoms with Crippen molar-refractivity contribution in [1.29, 1.82) is 0 Å². The molecule has 0 rings (SSSR count). The molecule has 0 amide bonds. The first-order valence-electron chi connectivity index (χ1n) is 24.2. The van der Waals surface area contributed by atoms with Gasteiger partial charge in [-0.05, 0) is 44.9 Å². The predicted molar refractivity (Wildman–Crippen MR) is 249 cm³/mol. The number of aliphatic hydroxyl groups excluding tert-OH is 1. The van der Waals surface area contributed by atoms with Crippen molar-refractivity contribution >= 4 is 19.8 Å². The molecule has 0 fully saturated rings. The number of rotatable bonds is 45. The topological polar surface area (TPSA) is 155 Å². The highest BCUT2D eigenvalue weighted by molar-refractivity contribution is 7.47. The Hall–Kier alpha value is -2.07. The highest BCUT2D eigenvalue weighted by Gasteiger charge is 2.26. The second-order valence-corrected chi connectivity index (χ2v) is 17.6. The molecule has 0 aliphatic rings. The van der Waals surface area contributed by atoms with Crippen LogP contribution in [0.2, 0.25) is 0 Å². The molecule has 0 aliphatic heterocycles. The third-order valence-corrected chi connectivity index (χ3v) is 11.3. The van der Waals surface area contributed by atoms with E-state index in [0.29, 0.717) is 25.7 Å². The van der Waals surface area contributed by atoms with Crippen LogP contribution in [0.1, 0.15) is 213 Å². The van der Waals surface area contributed by atoms with Crippen molar-refractivity contribution in [3.05, 3.63) is 48.6 Å². The van der Waals surface area contributed by atoms with Gasteiger partial charge in [-0.1, -0.05) is 204 Å². The maximum Gasteiger partial charge on any atom is 0.472 e. The second kappa shape index (κ2) is 45.0. The number of allylic oxidation sites excluding steroid dienone is 6. The quantitative estimate of drug-likeness (QED) is 0.0177. The number of nitrogens with two attached hydrogens (primary N) is 1. The molecule has 3 atom stereocenters. The normalized spacial score (nSPS) is 14.2. The third kappa shape index (κ3) is 44.0. The van der Waals surface area contributed by atoms with Gasteiger partial charge in [-0.25, -0.2) is 4.57 Å². The molecule has 60 heavy (non-hydrogen) atoms. The Kier molecular flexibility index (Phi) is 43.4. The van der Waals surface area contributed by atoms with Crippen molar-refractivity contribution in [2.75, 3.05) is 26.4 Å². The number of hydrogen-bond donors (Lipinski definition) is 3. The lowest BCUT2D eigenvalue weighted by Crippen LogP contribution is -2.29. The maximum absolute atomic E-state index is 12.6. The minimum Gasteiger partial charge on any atom is -0.462 e. The second-order valence-electron chi connectivity index (χ2n) is 16.2. The number of aliphatic hydroxyl groups is 1. The lowest BCUT2D eigenvalue weighted by Gasteiger charge is -2.19. The number of carbonyl (C=O) groups is 2. The molecule has 0 heterocycles. The number of carbonyl (C=O) groups excluding carboxylic acids is 2. The van der Waals surface area contributed by atoms with Crippen LogP contribution in [0.15, 0.2) is 48.6 Å². The number of unbranched alkanes of at least 4 members (excludes halogenated alkanes) is 24. The third-order valence-electron chi connectivity index (χ3n) is 10.3. The first kappa shape index (κ1) is 57.9. The van der Waals surface area contributed by atoms with Gasteiger partial charge in [0, 0.05) is 19.4 Å². The fourth-order valence-corrected chi connectivity index (χ4v) is 7.42. The van der Waals surface area contributed by atoms with Gasteiger partial charge >= 0.3 is 19.8 Å². The summed E-state index contributed by atoms with van der Waals surface area (Å²) in [6, 6.07) is 0. The van der Waals surface area contributed by atoms with E-state index in [1.54, 1.807) is 12.2 Å². The Labute approximate surface area is 367 Å². The molecule has 0 spiro atoms. The summed E-state index contributed by atoms with van der Waals surface area (Å²) in [5.74, 6) is -0.952. The van der Waals surface area contributed by atoms with E-state index in [2.05, 4.69) is 32.1 Å². The average molecular weight is 868 g/mol. The zero-order chi connectivity index (χ0) is 44.0. The van der Waals surface area contributed by atoms with Gasteiger partial charge in [-0.15, -0.1) is 0 Å². The van der Waals surface area contributed by atoms with Crippen LogP contribution in [0.25, 0.3) is 0 Å². The number of phosphoric acid groups is 1. The standard InChI is InChI=1S/C49H90NO9P/c1-3-5-7-9-11-13-14-15-16-17-18-19-20-21-22-23-24-26-28-32-37-41-49(53)59-47(45-58-60(54,55)57-43-42-50)44-56-48(52)40-36-33-29-31-35-39-46(51)38-34-30-27-25-12-10-8-6-4-2/h12,25,29-31,34-35,39,46-47,51H,3-11,13-24,26-28,32-33,36-38,40-45,50H2,1-2H3,(H,54,55)/b25-12-,31-29+,34-30-,39-35-/t46?,47-/m1/s1. The number of ether oxygens (including phenoxy) is 2. The molecule has 11 heteroatoms. The summed E-state index contributed by atoms with van der Waals surface area (Å²) in [4.78, 5) is 35.0. The molecule has 350 valence electrons. The number of phosphoric ester groups is 1. The van der Waals surface area contributed by atoms with E-state index >= 15 is 0 Å². The molecule has 10 nitrogen and oxygen atoms in total. The van der Waals surface area contributed by atoms with E-state index in [9.17, 15) is 24.2 Å². The van der Waals surface area contributed by atoms with Crippen LogP contribution in [0, 0.1) is 0 Å². The summed E-state index contributed by atoms with van der Waals surface area (Å²) in [6.45, 7) is 3.56. The molecule has 2 unspecified atom stereocenters. The van der Waals surface area contributed by atoms with Crippen LogP contribution in [-0.4, -0.2) is 60.5 Å². The van der Waals surface area contributed by atoms with Crippen molar-refractivity contribution in [3.8, 4) is 0 Å². The summed E-state index contributed by atoms with van der Waals surface area (Å²) in [7, 11) is -4.41. The monoisotopic (exact) mass is 868 g/mol. The molecule has 0 aromatic heterocycles. The van der Waals surface area contributed by atoms with Gasteiger partial charge in [0.1, 0.15) is 6.61 Å². The summed E-state index contributed by atoms with van der Waals surface area (Å²) in [6.07, 6.45) is 48.9. The van der Waals surface area contributed by atoms with E-state index in [0.717, 1.165) is 32.1 Å². The Morgan fingerprint density at radius 3 is 1.65 bits per heavy atom. The van der Waals surface area contributed by atoms with Gasteiger partial charge in [0.25, 0.3) is 0 Å². The largest absolute Gasteiger partial charge is 0.472 e. The lowest BCUT2D eigenvalue weighted by molar-refractivity contribution is -0.161. The van der Waals surface area contributed by atoms with Crippen LogP contribution in [0.3, 0.4) is 0 Å². The highest BCUT2D eigenvalue weighted by atomic mass is 31.2. The lowest BCUT2D eigenvalue weighted by atomic mass is 10.0. The zero-order valence-corrected chi connectivity index (χ0v) is 39.2. The molecule has 0 saturated heterocycles. The van der Waals surface area contributed by atoms with E-state index in [-0.39, 0.29) is 32.6 Å². The summed E-state index contributed by atoms with van der Waals surface area (Å²) < 4.78 is 32.8. The van der Waals surface area contributed by atoms with Gasteiger partial charge in [-0.3, -0.25) is 18.6 Å². The van der Waals surface area contributed by atoms with Crippen LogP contribution < -0.4 is 5.73 Å². The van der Waals surface area contributed by atoms with Gasteiger partial charge in [-0.2, -0.15) is 0 Å².